The van der Waals surface area contributed by atoms with Gasteiger partial charge in [-0.25, -0.2) is 0 Å². The number of unbranched alkanes of at least 4 members (excludes halogenated alkanes) is 3. The maximum Gasteiger partial charge on any atom is 0.0821 e. The van der Waals surface area contributed by atoms with Gasteiger partial charge in [0.2, 0.25) is 0 Å². The average molecular weight is 200 g/mol. The third kappa shape index (κ3) is 6.17. The summed E-state index contributed by atoms with van der Waals surface area (Å²) in [5.74, 6) is 0.137. The largest absolute Gasteiger partial charge is 0.390 e. The lowest BCUT2D eigenvalue weighted by Gasteiger charge is -2.20. The molecule has 2 heteroatoms. The van der Waals surface area contributed by atoms with E-state index in [4.69, 9.17) is 0 Å². The normalized spacial score (nSPS) is 15.5. The van der Waals surface area contributed by atoms with Crippen LogP contribution in [0.5, 0.6) is 0 Å². The number of hydrogen-bond acceptors (Lipinski definition) is 2. The van der Waals surface area contributed by atoms with E-state index in [1.165, 1.54) is 0 Å². The summed E-state index contributed by atoms with van der Waals surface area (Å²) in [5.41, 5.74) is 0. The lowest BCUT2D eigenvalue weighted by atomic mass is 9.97. The van der Waals surface area contributed by atoms with Crippen molar-refractivity contribution in [1.29, 1.82) is 0 Å². The fourth-order valence-corrected chi connectivity index (χ4v) is 1.43. The average Bonchev–Trinajstić information content (AvgIpc) is 2.16. The summed E-state index contributed by atoms with van der Waals surface area (Å²) < 4.78 is 0. The molecule has 0 spiro atoms. The van der Waals surface area contributed by atoms with Crippen LogP contribution in [0.2, 0.25) is 0 Å². The van der Waals surface area contributed by atoms with Gasteiger partial charge in [-0.1, -0.05) is 32.8 Å². The zero-order chi connectivity index (χ0) is 11.0. The number of aliphatic hydroxyl groups excluding tert-OH is 2. The molecule has 0 rings (SSSR count). The predicted molar refractivity (Wildman–Crippen MR) is 60.1 cm³/mol. The Labute approximate surface area is 87.7 Å². The molecule has 0 saturated carbocycles. The summed E-state index contributed by atoms with van der Waals surface area (Å²) in [7, 11) is 0. The molecule has 2 nitrogen and oxygen atoms in total. The monoisotopic (exact) mass is 200 g/mol. The molecule has 0 amide bonds. The number of rotatable bonds is 8. The molecule has 0 bridgehead atoms. The summed E-state index contributed by atoms with van der Waals surface area (Å²) in [6.07, 6.45) is 5.76. The van der Waals surface area contributed by atoms with Gasteiger partial charge in [-0.15, -0.1) is 6.58 Å². The Bertz CT molecular complexity index is 143. The fourth-order valence-electron chi connectivity index (χ4n) is 1.43. The van der Waals surface area contributed by atoms with Crippen LogP contribution in [0.3, 0.4) is 0 Å². The summed E-state index contributed by atoms with van der Waals surface area (Å²) in [4.78, 5) is 0. The van der Waals surface area contributed by atoms with Gasteiger partial charge in [0.1, 0.15) is 0 Å². The van der Waals surface area contributed by atoms with Crippen molar-refractivity contribution in [3.63, 3.8) is 0 Å². The van der Waals surface area contributed by atoms with Gasteiger partial charge < -0.3 is 10.2 Å². The second kappa shape index (κ2) is 8.01. The molecule has 0 aliphatic rings. The Morgan fingerprint density at radius 3 is 2.29 bits per heavy atom. The van der Waals surface area contributed by atoms with E-state index in [-0.39, 0.29) is 5.92 Å². The number of hydrogen-bond donors (Lipinski definition) is 2. The van der Waals surface area contributed by atoms with Crippen molar-refractivity contribution < 1.29 is 10.2 Å². The van der Waals surface area contributed by atoms with E-state index < -0.39 is 12.2 Å². The molecule has 0 saturated heterocycles. The standard InChI is InChI=1S/C12H24O2/c1-4-5-6-7-8-9-11(13)12(14)10(2)3/h4,10-14H,1,5-9H2,2-3H3. The molecule has 0 heterocycles. The van der Waals surface area contributed by atoms with Crippen LogP contribution < -0.4 is 0 Å². The van der Waals surface area contributed by atoms with Crippen LogP contribution in [0.15, 0.2) is 12.7 Å². The minimum Gasteiger partial charge on any atom is -0.390 e. The Balaban J connectivity index is 3.43. The molecule has 0 radical (unpaired) electrons. The molecule has 0 aromatic carbocycles. The third-order valence-corrected chi connectivity index (χ3v) is 2.49. The highest BCUT2D eigenvalue weighted by Crippen LogP contribution is 2.13. The highest BCUT2D eigenvalue weighted by Gasteiger charge is 2.18. The molecule has 0 fully saturated rings. The molecule has 84 valence electrons. The van der Waals surface area contributed by atoms with Gasteiger partial charge in [0.15, 0.2) is 0 Å². The van der Waals surface area contributed by atoms with Gasteiger partial charge in [-0.2, -0.15) is 0 Å². The second-order valence-electron chi connectivity index (χ2n) is 4.23. The SMILES string of the molecule is C=CCCCCCC(O)C(O)C(C)C. The lowest BCUT2D eigenvalue weighted by molar-refractivity contribution is -0.0132. The zero-order valence-corrected chi connectivity index (χ0v) is 9.45. The summed E-state index contributed by atoms with van der Waals surface area (Å²) in [6.45, 7) is 7.50. The molecule has 14 heavy (non-hydrogen) atoms. The van der Waals surface area contributed by atoms with Crippen molar-refractivity contribution in [3.8, 4) is 0 Å². The zero-order valence-electron chi connectivity index (χ0n) is 9.45. The van der Waals surface area contributed by atoms with E-state index in [2.05, 4.69) is 6.58 Å². The first-order chi connectivity index (χ1) is 6.59. The minimum absolute atomic E-state index is 0.137. The van der Waals surface area contributed by atoms with Gasteiger partial charge in [0, 0.05) is 0 Å². The highest BCUT2D eigenvalue weighted by molar-refractivity contribution is 4.71. The van der Waals surface area contributed by atoms with Crippen molar-refractivity contribution in [2.75, 3.05) is 0 Å². The van der Waals surface area contributed by atoms with E-state index in [1.807, 2.05) is 19.9 Å². The summed E-state index contributed by atoms with van der Waals surface area (Å²) in [5, 5.41) is 19.1. The van der Waals surface area contributed by atoms with Crippen molar-refractivity contribution in [2.24, 2.45) is 5.92 Å². The lowest BCUT2D eigenvalue weighted by Crippen LogP contribution is -2.30. The maximum absolute atomic E-state index is 9.57. The molecule has 2 atom stereocenters. The molecule has 2 N–H and O–H groups in total. The quantitative estimate of drug-likeness (QED) is 0.467. The molecule has 0 aliphatic heterocycles. The van der Waals surface area contributed by atoms with Gasteiger partial charge in [0.25, 0.3) is 0 Å². The van der Waals surface area contributed by atoms with E-state index in [0.29, 0.717) is 6.42 Å². The Hall–Kier alpha value is -0.340. The van der Waals surface area contributed by atoms with Crippen LogP contribution in [0.4, 0.5) is 0 Å². The molecular weight excluding hydrogens is 176 g/mol. The molecule has 2 unspecified atom stereocenters. The van der Waals surface area contributed by atoms with Crippen LogP contribution in [0.1, 0.15) is 46.0 Å². The van der Waals surface area contributed by atoms with Crippen molar-refractivity contribution in [2.45, 2.75) is 58.2 Å². The van der Waals surface area contributed by atoms with E-state index in [0.717, 1.165) is 25.7 Å². The Kier molecular flexibility index (Phi) is 7.81. The molecular formula is C12H24O2. The van der Waals surface area contributed by atoms with Crippen LogP contribution in [0, 0.1) is 5.92 Å². The van der Waals surface area contributed by atoms with E-state index in [9.17, 15) is 10.2 Å². The Morgan fingerprint density at radius 2 is 1.79 bits per heavy atom. The first kappa shape index (κ1) is 13.7. The van der Waals surface area contributed by atoms with Crippen LogP contribution in [-0.4, -0.2) is 22.4 Å². The van der Waals surface area contributed by atoms with Crippen molar-refractivity contribution >= 4 is 0 Å². The summed E-state index contributed by atoms with van der Waals surface area (Å²) in [6, 6.07) is 0. The second-order valence-corrected chi connectivity index (χ2v) is 4.23. The summed E-state index contributed by atoms with van der Waals surface area (Å²) >= 11 is 0. The number of aliphatic hydroxyl groups is 2. The smallest absolute Gasteiger partial charge is 0.0821 e. The highest BCUT2D eigenvalue weighted by atomic mass is 16.3. The number of allylic oxidation sites excluding steroid dienone is 1. The Morgan fingerprint density at radius 1 is 1.14 bits per heavy atom. The molecule has 0 aliphatic carbocycles. The van der Waals surface area contributed by atoms with Gasteiger partial charge in [-0.05, 0) is 25.2 Å². The van der Waals surface area contributed by atoms with Gasteiger partial charge >= 0.3 is 0 Å². The van der Waals surface area contributed by atoms with Gasteiger partial charge in [-0.3, -0.25) is 0 Å². The predicted octanol–water partition coefficient (Wildman–Crippen LogP) is 2.50. The minimum atomic E-state index is -0.575. The first-order valence-corrected chi connectivity index (χ1v) is 5.56. The van der Waals surface area contributed by atoms with Crippen LogP contribution >= 0.6 is 0 Å². The topological polar surface area (TPSA) is 40.5 Å². The van der Waals surface area contributed by atoms with Crippen LogP contribution in [0.25, 0.3) is 0 Å². The fraction of sp³-hybridized carbons (Fsp3) is 0.833. The van der Waals surface area contributed by atoms with Crippen LogP contribution in [-0.2, 0) is 0 Å². The maximum atomic E-state index is 9.57. The van der Waals surface area contributed by atoms with Crippen molar-refractivity contribution in [1.82, 2.24) is 0 Å². The van der Waals surface area contributed by atoms with E-state index >= 15 is 0 Å². The molecule has 0 aromatic rings. The first-order valence-electron chi connectivity index (χ1n) is 5.56. The molecule has 0 aromatic heterocycles. The van der Waals surface area contributed by atoms with E-state index in [1.54, 1.807) is 0 Å². The van der Waals surface area contributed by atoms with Crippen molar-refractivity contribution in [3.05, 3.63) is 12.7 Å². The van der Waals surface area contributed by atoms with Gasteiger partial charge in [0.05, 0.1) is 12.2 Å². The third-order valence-electron chi connectivity index (χ3n) is 2.49.